The average molecular weight is 296 g/mol. The van der Waals surface area contributed by atoms with Crippen molar-refractivity contribution in [3.63, 3.8) is 0 Å². The van der Waals surface area contributed by atoms with E-state index < -0.39 is 0 Å². The van der Waals surface area contributed by atoms with E-state index in [4.69, 9.17) is 0 Å². The summed E-state index contributed by atoms with van der Waals surface area (Å²) in [6.07, 6.45) is -0.180. The number of carbonyl (C=O) groups is 2. The van der Waals surface area contributed by atoms with Gasteiger partial charge in [-0.05, 0) is 36.6 Å². The minimum Gasteiger partial charge on any atom is -0.352 e. The summed E-state index contributed by atoms with van der Waals surface area (Å²) in [6, 6.07) is 15.4. The van der Waals surface area contributed by atoms with E-state index in [1.807, 2.05) is 62.4 Å². The average Bonchev–Trinajstić information content (AvgIpc) is 2.50. The van der Waals surface area contributed by atoms with Gasteiger partial charge in [-0.1, -0.05) is 42.5 Å². The van der Waals surface area contributed by atoms with Crippen molar-refractivity contribution in [3.8, 4) is 0 Å². The first-order chi connectivity index (χ1) is 10.5. The Bertz CT molecular complexity index is 666. The normalized spacial score (nSPS) is 10.1. The molecule has 0 aromatic heterocycles. The molecule has 2 aromatic rings. The molecule has 0 bridgehead atoms. The van der Waals surface area contributed by atoms with Crippen LogP contribution >= 0.6 is 0 Å². The summed E-state index contributed by atoms with van der Waals surface area (Å²) in [7, 11) is 0. The van der Waals surface area contributed by atoms with E-state index in [1.54, 1.807) is 0 Å². The van der Waals surface area contributed by atoms with E-state index in [2.05, 4.69) is 10.6 Å². The van der Waals surface area contributed by atoms with Gasteiger partial charge in [0.2, 0.25) is 11.8 Å². The Kier molecular flexibility index (Phi) is 5.31. The van der Waals surface area contributed by atoms with Crippen LogP contribution < -0.4 is 10.6 Å². The molecule has 0 saturated heterocycles. The monoisotopic (exact) mass is 296 g/mol. The van der Waals surface area contributed by atoms with Crippen molar-refractivity contribution in [1.29, 1.82) is 0 Å². The second-order valence-corrected chi connectivity index (χ2v) is 5.31. The van der Waals surface area contributed by atoms with Crippen LogP contribution in [0.2, 0.25) is 0 Å². The maximum atomic E-state index is 11.9. The summed E-state index contributed by atoms with van der Waals surface area (Å²) in [5, 5.41) is 5.52. The number of anilines is 1. The molecule has 2 amide bonds. The fourth-order valence-electron chi connectivity index (χ4n) is 2.07. The molecular weight excluding hydrogens is 276 g/mol. The first-order valence-electron chi connectivity index (χ1n) is 7.22. The molecule has 0 aliphatic heterocycles. The summed E-state index contributed by atoms with van der Waals surface area (Å²) < 4.78 is 0. The zero-order valence-corrected chi connectivity index (χ0v) is 12.8. The van der Waals surface area contributed by atoms with Crippen LogP contribution in [0.4, 0.5) is 5.69 Å². The maximum absolute atomic E-state index is 11.9. The van der Waals surface area contributed by atoms with E-state index in [0.29, 0.717) is 6.54 Å². The lowest BCUT2D eigenvalue weighted by Gasteiger charge is -2.09. The highest BCUT2D eigenvalue weighted by molar-refractivity contribution is 6.03. The minimum absolute atomic E-state index is 0.180. The molecule has 0 fully saturated rings. The van der Waals surface area contributed by atoms with E-state index >= 15 is 0 Å². The Hall–Kier alpha value is -2.62. The second-order valence-electron chi connectivity index (χ2n) is 5.31. The number of amides is 2. The van der Waals surface area contributed by atoms with E-state index in [1.165, 1.54) is 0 Å². The van der Waals surface area contributed by atoms with Gasteiger partial charge in [0, 0.05) is 12.2 Å². The summed E-state index contributed by atoms with van der Waals surface area (Å²) in [4.78, 5) is 23.7. The SMILES string of the molecule is Cc1ccc(C)c(NC(=O)CC(=O)NCc2ccccc2)c1. The molecule has 2 aromatic carbocycles. The third-order valence-electron chi connectivity index (χ3n) is 3.32. The Morgan fingerprint density at radius 1 is 0.955 bits per heavy atom. The van der Waals surface area contributed by atoms with Gasteiger partial charge in [-0.15, -0.1) is 0 Å². The zero-order valence-electron chi connectivity index (χ0n) is 12.8. The van der Waals surface area contributed by atoms with Crippen LogP contribution in [0.3, 0.4) is 0 Å². The molecule has 4 nitrogen and oxygen atoms in total. The van der Waals surface area contributed by atoms with Gasteiger partial charge in [0.05, 0.1) is 0 Å². The van der Waals surface area contributed by atoms with Crippen molar-refractivity contribution in [2.75, 3.05) is 5.32 Å². The number of nitrogens with one attached hydrogen (secondary N) is 2. The molecule has 0 aliphatic carbocycles. The molecule has 0 atom stereocenters. The lowest BCUT2D eigenvalue weighted by Crippen LogP contribution is -2.27. The van der Waals surface area contributed by atoms with Gasteiger partial charge in [0.1, 0.15) is 6.42 Å². The highest BCUT2D eigenvalue weighted by Gasteiger charge is 2.10. The van der Waals surface area contributed by atoms with Gasteiger partial charge >= 0.3 is 0 Å². The number of benzene rings is 2. The van der Waals surface area contributed by atoms with Crippen molar-refractivity contribution >= 4 is 17.5 Å². The Morgan fingerprint density at radius 2 is 1.68 bits per heavy atom. The number of rotatable bonds is 5. The third kappa shape index (κ3) is 4.74. The molecule has 0 radical (unpaired) electrons. The fraction of sp³-hybridized carbons (Fsp3) is 0.222. The highest BCUT2D eigenvalue weighted by Crippen LogP contribution is 2.16. The maximum Gasteiger partial charge on any atom is 0.233 e. The van der Waals surface area contributed by atoms with E-state index in [-0.39, 0.29) is 18.2 Å². The third-order valence-corrected chi connectivity index (χ3v) is 3.32. The lowest BCUT2D eigenvalue weighted by atomic mass is 10.1. The number of hydrogen-bond acceptors (Lipinski definition) is 2. The van der Waals surface area contributed by atoms with Crippen molar-refractivity contribution in [1.82, 2.24) is 5.32 Å². The van der Waals surface area contributed by atoms with Gasteiger partial charge in [0.15, 0.2) is 0 Å². The first-order valence-corrected chi connectivity index (χ1v) is 7.22. The smallest absolute Gasteiger partial charge is 0.233 e. The molecule has 0 saturated carbocycles. The number of hydrogen-bond donors (Lipinski definition) is 2. The fourth-order valence-corrected chi connectivity index (χ4v) is 2.07. The van der Waals surface area contributed by atoms with Crippen LogP contribution in [0.5, 0.6) is 0 Å². The molecule has 0 spiro atoms. The Labute approximate surface area is 130 Å². The van der Waals surface area contributed by atoms with Crippen LogP contribution in [-0.2, 0) is 16.1 Å². The Balaban J connectivity index is 1.84. The van der Waals surface area contributed by atoms with Gasteiger partial charge < -0.3 is 10.6 Å². The predicted octanol–water partition coefficient (Wildman–Crippen LogP) is 2.95. The van der Waals surface area contributed by atoms with Gasteiger partial charge in [-0.25, -0.2) is 0 Å². The molecule has 4 heteroatoms. The standard InChI is InChI=1S/C18H20N2O2/c1-13-8-9-14(2)16(10-13)20-18(22)11-17(21)19-12-15-6-4-3-5-7-15/h3-10H,11-12H2,1-2H3,(H,19,21)(H,20,22). The van der Waals surface area contributed by atoms with Crippen molar-refractivity contribution < 1.29 is 9.59 Å². The summed E-state index contributed by atoms with van der Waals surface area (Å²) >= 11 is 0. The zero-order chi connectivity index (χ0) is 15.9. The van der Waals surface area contributed by atoms with Crippen LogP contribution in [0.25, 0.3) is 0 Å². The molecule has 0 heterocycles. The Morgan fingerprint density at radius 3 is 2.41 bits per heavy atom. The molecule has 0 unspecified atom stereocenters. The molecule has 22 heavy (non-hydrogen) atoms. The largest absolute Gasteiger partial charge is 0.352 e. The van der Waals surface area contributed by atoms with Crippen LogP contribution in [0.15, 0.2) is 48.5 Å². The molecule has 2 N–H and O–H groups in total. The van der Waals surface area contributed by atoms with Crippen LogP contribution in [-0.4, -0.2) is 11.8 Å². The van der Waals surface area contributed by atoms with E-state index in [9.17, 15) is 9.59 Å². The minimum atomic E-state index is -0.306. The summed E-state index contributed by atoms with van der Waals surface area (Å²) in [6.45, 7) is 4.31. The van der Waals surface area contributed by atoms with Crippen molar-refractivity contribution in [2.24, 2.45) is 0 Å². The van der Waals surface area contributed by atoms with Crippen LogP contribution in [0, 0.1) is 13.8 Å². The van der Waals surface area contributed by atoms with Crippen molar-refractivity contribution in [3.05, 3.63) is 65.2 Å². The van der Waals surface area contributed by atoms with Gasteiger partial charge in [-0.3, -0.25) is 9.59 Å². The lowest BCUT2D eigenvalue weighted by molar-refractivity contribution is -0.126. The number of aryl methyl sites for hydroxylation is 2. The number of carbonyl (C=O) groups excluding carboxylic acids is 2. The first kappa shape index (κ1) is 15.8. The van der Waals surface area contributed by atoms with E-state index in [0.717, 1.165) is 22.4 Å². The predicted molar refractivity (Wildman–Crippen MR) is 87.5 cm³/mol. The molecular formula is C18H20N2O2. The molecule has 114 valence electrons. The summed E-state index contributed by atoms with van der Waals surface area (Å²) in [5.74, 6) is -0.592. The molecule has 0 aliphatic rings. The van der Waals surface area contributed by atoms with Gasteiger partial charge in [0.25, 0.3) is 0 Å². The van der Waals surface area contributed by atoms with Gasteiger partial charge in [-0.2, -0.15) is 0 Å². The second kappa shape index (κ2) is 7.41. The molecule has 2 rings (SSSR count). The quantitative estimate of drug-likeness (QED) is 0.833. The van der Waals surface area contributed by atoms with Crippen LogP contribution in [0.1, 0.15) is 23.1 Å². The van der Waals surface area contributed by atoms with Crippen molar-refractivity contribution in [2.45, 2.75) is 26.8 Å². The summed E-state index contributed by atoms with van der Waals surface area (Å²) in [5.41, 5.74) is 3.80. The topological polar surface area (TPSA) is 58.2 Å². The highest BCUT2D eigenvalue weighted by atomic mass is 16.2.